The normalized spacial score (nSPS) is 33.5. The Morgan fingerprint density at radius 1 is 0.971 bits per heavy atom. The van der Waals surface area contributed by atoms with Crippen LogP contribution in [0.1, 0.15) is 73.1 Å². The smallest absolute Gasteiger partial charge is 0.329 e. The lowest BCUT2D eigenvalue weighted by molar-refractivity contribution is -0.160. The minimum Gasteiger partial charge on any atom is -0.461 e. The Morgan fingerprint density at radius 3 is 2.34 bits per heavy atom. The van der Waals surface area contributed by atoms with Gasteiger partial charge in [0.25, 0.3) is 0 Å². The van der Waals surface area contributed by atoms with Gasteiger partial charge in [0.1, 0.15) is 30.3 Å². The molecule has 3 heterocycles. The van der Waals surface area contributed by atoms with Gasteiger partial charge < -0.3 is 24.8 Å². The van der Waals surface area contributed by atoms with Crippen molar-refractivity contribution < 1.29 is 28.7 Å². The second-order valence-corrected chi connectivity index (χ2v) is 10.2. The number of esters is 1. The zero-order valence-corrected chi connectivity index (χ0v) is 21.6. The van der Waals surface area contributed by atoms with Crippen LogP contribution in [0.2, 0.25) is 0 Å². The highest BCUT2D eigenvalue weighted by atomic mass is 16.5. The summed E-state index contributed by atoms with van der Waals surface area (Å²) < 4.78 is 5.59. The van der Waals surface area contributed by atoms with Crippen LogP contribution in [-0.4, -0.2) is 94.2 Å². The summed E-state index contributed by atoms with van der Waals surface area (Å²) >= 11 is 0. The maximum absolute atomic E-state index is 13.6. The van der Waals surface area contributed by atoms with Crippen LogP contribution in [-0.2, 0) is 28.7 Å². The number of hydrogen-bond donors (Lipinski definition) is 1. The van der Waals surface area contributed by atoms with Gasteiger partial charge in [-0.25, -0.2) is 4.79 Å². The molecule has 3 saturated heterocycles. The fourth-order valence-corrected chi connectivity index (χ4v) is 5.56. The van der Waals surface area contributed by atoms with Crippen molar-refractivity contribution in [2.24, 2.45) is 5.92 Å². The lowest BCUT2D eigenvalue weighted by Gasteiger charge is -2.36. The molecular weight excluding hydrogens is 452 g/mol. The Kier molecular flexibility index (Phi) is 8.77. The molecule has 0 aliphatic carbocycles. The minimum atomic E-state index is -0.855. The van der Waals surface area contributed by atoms with Gasteiger partial charge in [-0.05, 0) is 52.4 Å². The van der Waals surface area contributed by atoms with Crippen molar-refractivity contribution >= 4 is 29.6 Å². The Bertz CT molecular complexity index is 848. The largest absolute Gasteiger partial charge is 0.461 e. The quantitative estimate of drug-likeness (QED) is 0.589. The van der Waals surface area contributed by atoms with Crippen LogP contribution in [0.3, 0.4) is 0 Å². The van der Waals surface area contributed by atoms with E-state index in [4.69, 9.17) is 4.74 Å². The number of nitrogens with zero attached hydrogens (tertiary/aromatic N) is 3. The molecule has 0 aromatic carbocycles. The van der Waals surface area contributed by atoms with E-state index in [0.29, 0.717) is 51.7 Å². The van der Waals surface area contributed by atoms with Crippen LogP contribution in [0.15, 0.2) is 0 Å². The molecule has 10 heteroatoms. The summed E-state index contributed by atoms with van der Waals surface area (Å²) in [6.07, 6.45) is 2.09. The van der Waals surface area contributed by atoms with Gasteiger partial charge in [0.15, 0.2) is 0 Å². The number of rotatable bonds is 3. The molecule has 0 bridgehead atoms. The molecule has 0 radical (unpaired) electrons. The molecule has 10 nitrogen and oxygen atoms in total. The number of amides is 4. The Labute approximate surface area is 207 Å². The van der Waals surface area contributed by atoms with E-state index in [1.165, 1.54) is 4.90 Å². The molecule has 6 unspecified atom stereocenters. The van der Waals surface area contributed by atoms with Gasteiger partial charge in [-0.2, -0.15) is 0 Å². The van der Waals surface area contributed by atoms with Crippen molar-refractivity contribution in [3.8, 4) is 0 Å². The number of likely N-dealkylation sites (N-methyl/N-ethyl adjacent to an activating group) is 1. The van der Waals surface area contributed by atoms with E-state index in [0.717, 1.165) is 0 Å². The summed E-state index contributed by atoms with van der Waals surface area (Å²) in [6.45, 7) is 10.1. The van der Waals surface area contributed by atoms with Crippen molar-refractivity contribution in [2.75, 3.05) is 19.6 Å². The third-order valence-electron chi connectivity index (χ3n) is 7.30. The molecule has 0 spiro atoms. The van der Waals surface area contributed by atoms with Gasteiger partial charge in [0, 0.05) is 19.6 Å². The van der Waals surface area contributed by atoms with Crippen LogP contribution in [0.25, 0.3) is 0 Å². The van der Waals surface area contributed by atoms with Crippen LogP contribution in [0.4, 0.5) is 0 Å². The Morgan fingerprint density at radius 2 is 1.69 bits per heavy atom. The first-order valence-electron chi connectivity index (χ1n) is 13.0. The molecule has 1 N–H and O–H groups in total. The van der Waals surface area contributed by atoms with Crippen molar-refractivity contribution in [2.45, 2.75) is 103 Å². The SMILES string of the molecule is CCCC1C(=O)NC(C)C(=O)N2CC(C)CC2C(=O)OC(C)CC(=O)N2CCCC2C(=O)N1CC. The van der Waals surface area contributed by atoms with E-state index in [1.54, 1.807) is 23.6 Å². The molecule has 4 amide bonds. The first-order valence-corrected chi connectivity index (χ1v) is 13.0. The van der Waals surface area contributed by atoms with Gasteiger partial charge in [0.05, 0.1) is 6.42 Å². The van der Waals surface area contributed by atoms with Crippen LogP contribution in [0.5, 0.6) is 0 Å². The molecule has 0 aromatic rings. The summed E-state index contributed by atoms with van der Waals surface area (Å²) in [6, 6.07) is -2.99. The standard InChI is InChI=1S/C25H40N4O6/c1-6-9-18-22(31)26-17(5)23(32)29-14-15(3)12-20(29)25(34)35-16(4)13-21(30)28-11-8-10-19(28)24(33)27(18)7-2/h15-20H,6-14H2,1-5H3,(H,26,31). The van der Waals surface area contributed by atoms with Crippen molar-refractivity contribution in [3.05, 3.63) is 0 Å². The van der Waals surface area contributed by atoms with Crippen molar-refractivity contribution in [3.63, 3.8) is 0 Å². The van der Waals surface area contributed by atoms with Gasteiger partial charge in [0.2, 0.25) is 23.6 Å². The zero-order chi connectivity index (χ0) is 25.9. The molecule has 3 aliphatic heterocycles. The second kappa shape index (κ2) is 11.4. The van der Waals surface area contributed by atoms with Gasteiger partial charge >= 0.3 is 5.97 Å². The molecule has 0 aromatic heterocycles. The summed E-state index contributed by atoms with van der Waals surface area (Å²) in [5.41, 5.74) is 0. The van der Waals surface area contributed by atoms with Gasteiger partial charge in [-0.15, -0.1) is 0 Å². The van der Waals surface area contributed by atoms with E-state index in [1.807, 2.05) is 20.8 Å². The minimum absolute atomic E-state index is 0.0346. The lowest BCUT2D eigenvalue weighted by Crippen LogP contribution is -2.58. The fraction of sp³-hybridized carbons (Fsp3) is 0.800. The zero-order valence-electron chi connectivity index (χ0n) is 21.6. The molecule has 0 saturated carbocycles. The molecule has 3 rings (SSSR count). The average Bonchev–Trinajstić information content (AvgIpc) is 3.44. The van der Waals surface area contributed by atoms with Crippen molar-refractivity contribution in [1.29, 1.82) is 0 Å². The Balaban J connectivity index is 1.96. The van der Waals surface area contributed by atoms with Crippen LogP contribution in [0, 0.1) is 5.92 Å². The molecule has 6 atom stereocenters. The van der Waals surface area contributed by atoms with E-state index < -0.39 is 42.1 Å². The molecular formula is C25H40N4O6. The summed E-state index contributed by atoms with van der Waals surface area (Å²) in [4.78, 5) is 70.9. The number of ether oxygens (including phenoxy) is 1. The number of fused-ring (bicyclic) bond motifs is 2. The number of hydrogen-bond acceptors (Lipinski definition) is 6. The lowest BCUT2D eigenvalue weighted by atomic mass is 10.1. The number of carbonyl (C=O) groups is 5. The predicted octanol–water partition coefficient (Wildman–Crippen LogP) is 1.07. The highest BCUT2D eigenvalue weighted by molar-refractivity contribution is 5.95. The number of nitrogens with one attached hydrogen (secondary N) is 1. The average molecular weight is 493 g/mol. The Hall–Kier alpha value is -2.65. The number of carbonyl (C=O) groups excluding carboxylic acids is 5. The monoisotopic (exact) mass is 492 g/mol. The molecule has 3 fully saturated rings. The third kappa shape index (κ3) is 5.78. The van der Waals surface area contributed by atoms with E-state index in [-0.39, 0.29) is 30.1 Å². The first kappa shape index (κ1) is 26.9. The number of cyclic esters (lactones) is 1. The summed E-state index contributed by atoms with van der Waals surface area (Å²) in [5, 5.41) is 2.79. The van der Waals surface area contributed by atoms with Gasteiger partial charge in [-0.3, -0.25) is 19.2 Å². The summed E-state index contributed by atoms with van der Waals surface area (Å²) in [7, 11) is 0. The van der Waals surface area contributed by atoms with E-state index in [9.17, 15) is 24.0 Å². The fourth-order valence-electron chi connectivity index (χ4n) is 5.56. The third-order valence-corrected chi connectivity index (χ3v) is 7.30. The highest BCUT2D eigenvalue weighted by Gasteiger charge is 2.43. The maximum atomic E-state index is 13.6. The predicted molar refractivity (Wildman–Crippen MR) is 128 cm³/mol. The summed E-state index contributed by atoms with van der Waals surface area (Å²) in [5.74, 6) is -1.69. The van der Waals surface area contributed by atoms with Crippen LogP contribution < -0.4 is 5.32 Å². The van der Waals surface area contributed by atoms with E-state index in [2.05, 4.69) is 5.32 Å². The second-order valence-electron chi connectivity index (χ2n) is 10.2. The molecule has 3 aliphatic rings. The highest BCUT2D eigenvalue weighted by Crippen LogP contribution is 2.27. The van der Waals surface area contributed by atoms with E-state index >= 15 is 0 Å². The van der Waals surface area contributed by atoms with Crippen LogP contribution >= 0.6 is 0 Å². The van der Waals surface area contributed by atoms with Crippen molar-refractivity contribution in [1.82, 2.24) is 20.0 Å². The molecule has 35 heavy (non-hydrogen) atoms. The first-order chi connectivity index (χ1) is 16.6. The molecule has 196 valence electrons. The topological polar surface area (TPSA) is 116 Å². The van der Waals surface area contributed by atoms with Gasteiger partial charge in [-0.1, -0.05) is 20.3 Å². The maximum Gasteiger partial charge on any atom is 0.329 e.